The molecule has 0 saturated heterocycles. The summed E-state index contributed by atoms with van der Waals surface area (Å²) in [5.74, 6) is -1.41. The second-order valence-electron chi connectivity index (χ2n) is 5.36. The van der Waals surface area contributed by atoms with Crippen LogP contribution in [0.3, 0.4) is 0 Å². The average molecular weight is 378 g/mol. The van der Waals surface area contributed by atoms with E-state index in [9.17, 15) is 28.2 Å². The summed E-state index contributed by atoms with van der Waals surface area (Å²) in [7, 11) is -4.38. The monoisotopic (exact) mass is 378 g/mol. The normalized spacial score (nSPS) is 11.0. The van der Waals surface area contributed by atoms with Gasteiger partial charge in [-0.2, -0.15) is 0 Å². The van der Waals surface area contributed by atoms with Crippen LogP contribution in [0.25, 0.3) is 0 Å². The highest BCUT2D eigenvalue weighted by Gasteiger charge is 2.32. The largest absolute Gasteiger partial charge is 0.508 e. The number of aromatic hydroxyl groups is 1. The fraction of sp³-hybridized carbons (Fsp3) is 0.176. The summed E-state index contributed by atoms with van der Waals surface area (Å²) in [5, 5.41) is 20.9. The first-order valence-corrected chi connectivity index (χ1v) is 9.16. The van der Waals surface area contributed by atoms with E-state index in [0.717, 1.165) is 12.1 Å². The maximum atomic E-state index is 12.9. The molecular formula is C17H18N2O6S. The SMILES string of the molecule is CCCN(C(=O)Nc1ccc(O)cc1)S(=O)(=O)c1ccccc1C(=O)O. The Morgan fingerprint density at radius 1 is 1.08 bits per heavy atom. The quantitative estimate of drug-likeness (QED) is 0.664. The van der Waals surface area contributed by atoms with Crippen LogP contribution in [0.2, 0.25) is 0 Å². The second kappa shape index (κ2) is 7.87. The number of nitrogens with one attached hydrogen (secondary N) is 1. The van der Waals surface area contributed by atoms with E-state index in [1.165, 1.54) is 36.4 Å². The molecular weight excluding hydrogens is 360 g/mol. The number of nitrogens with zero attached hydrogens (tertiary/aromatic N) is 1. The van der Waals surface area contributed by atoms with Crippen molar-refractivity contribution in [2.45, 2.75) is 18.2 Å². The van der Waals surface area contributed by atoms with Gasteiger partial charge in [0.05, 0.1) is 5.56 Å². The van der Waals surface area contributed by atoms with Crippen LogP contribution >= 0.6 is 0 Å². The van der Waals surface area contributed by atoms with Crippen LogP contribution in [0.1, 0.15) is 23.7 Å². The Labute approximate surface area is 150 Å². The van der Waals surface area contributed by atoms with Crippen molar-refractivity contribution in [3.8, 4) is 5.75 Å². The smallest absolute Gasteiger partial charge is 0.337 e. The average Bonchev–Trinajstić information content (AvgIpc) is 2.61. The van der Waals surface area contributed by atoms with E-state index in [-0.39, 0.29) is 18.0 Å². The number of sulfonamides is 1. The van der Waals surface area contributed by atoms with Crippen LogP contribution in [-0.4, -0.2) is 41.5 Å². The minimum atomic E-state index is -4.38. The van der Waals surface area contributed by atoms with Crippen LogP contribution in [0.15, 0.2) is 53.4 Å². The number of phenolic OH excluding ortho intramolecular Hbond substituents is 1. The molecule has 3 N–H and O–H groups in total. The number of hydrogen-bond acceptors (Lipinski definition) is 5. The van der Waals surface area contributed by atoms with Gasteiger partial charge in [-0.05, 0) is 42.8 Å². The molecule has 0 spiro atoms. The summed E-state index contributed by atoms with van der Waals surface area (Å²) in [4.78, 5) is 23.4. The van der Waals surface area contributed by atoms with E-state index < -0.39 is 32.5 Å². The van der Waals surface area contributed by atoms with Gasteiger partial charge < -0.3 is 15.5 Å². The lowest BCUT2D eigenvalue weighted by Gasteiger charge is -2.23. The summed E-state index contributed by atoms with van der Waals surface area (Å²) in [6, 6.07) is 9.70. The minimum absolute atomic E-state index is 0.00331. The molecule has 0 aliphatic heterocycles. The number of carbonyl (C=O) groups is 2. The predicted molar refractivity (Wildman–Crippen MR) is 94.7 cm³/mol. The zero-order chi connectivity index (χ0) is 19.3. The van der Waals surface area contributed by atoms with Crippen LogP contribution in [0, 0.1) is 0 Å². The molecule has 138 valence electrons. The molecule has 0 heterocycles. The molecule has 0 aromatic heterocycles. The molecule has 0 fully saturated rings. The number of amides is 2. The lowest BCUT2D eigenvalue weighted by Crippen LogP contribution is -2.41. The molecule has 8 nitrogen and oxygen atoms in total. The Morgan fingerprint density at radius 3 is 2.27 bits per heavy atom. The molecule has 0 saturated carbocycles. The van der Waals surface area contributed by atoms with Crippen molar-refractivity contribution in [2.24, 2.45) is 0 Å². The molecule has 0 unspecified atom stereocenters. The van der Waals surface area contributed by atoms with Crippen molar-refractivity contribution in [1.82, 2.24) is 4.31 Å². The van der Waals surface area contributed by atoms with Crippen molar-refractivity contribution >= 4 is 27.7 Å². The highest BCUT2D eigenvalue weighted by Crippen LogP contribution is 2.22. The molecule has 0 aliphatic rings. The molecule has 0 aliphatic carbocycles. The van der Waals surface area contributed by atoms with Gasteiger partial charge in [0.15, 0.2) is 0 Å². The summed E-state index contributed by atoms with van der Waals surface area (Å²) < 4.78 is 26.4. The Morgan fingerprint density at radius 2 is 1.69 bits per heavy atom. The summed E-state index contributed by atoms with van der Waals surface area (Å²) >= 11 is 0. The zero-order valence-corrected chi connectivity index (χ0v) is 14.7. The molecule has 2 rings (SSSR count). The zero-order valence-electron chi connectivity index (χ0n) is 13.9. The first-order valence-electron chi connectivity index (χ1n) is 7.72. The number of carboxylic acids is 1. The molecule has 2 amide bonds. The maximum Gasteiger partial charge on any atom is 0.337 e. The number of benzene rings is 2. The van der Waals surface area contributed by atoms with E-state index in [2.05, 4.69) is 5.32 Å². The fourth-order valence-electron chi connectivity index (χ4n) is 2.25. The Bertz CT molecular complexity index is 909. The lowest BCUT2D eigenvalue weighted by atomic mass is 10.2. The molecule has 0 radical (unpaired) electrons. The standard InChI is InChI=1S/C17H18N2O6S/c1-2-11-19(17(23)18-12-7-9-13(20)10-8-12)26(24,25)15-6-4-3-5-14(15)16(21)22/h3-10,20H,2,11H2,1H3,(H,18,23)(H,21,22). The lowest BCUT2D eigenvalue weighted by molar-refractivity contribution is 0.0692. The molecule has 9 heteroatoms. The number of hydrogen-bond donors (Lipinski definition) is 3. The number of carbonyl (C=O) groups excluding carboxylic acids is 1. The van der Waals surface area contributed by atoms with E-state index in [0.29, 0.717) is 10.7 Å². The third kappa shape index (κ3) is 4.12. The van der Waals surface area contributed by atoms with Gasteiger partial charge in [-0.25, -0.2) is 22.3 Å². The Kier molecular flexibility index (Phi) is 5.83. The van der Waals surface area contributed by atoms with Crippen molar-refractivity contribution in [3.63, 3.8) is 0 Å². The Hall–Kier alpha value is -3.07. The van der Waals surface area contributed by atoms with Crippen LogP contribution < -0.4 is 5.32 Å². The van der Waals surface area contributed by atoms with Gasteiger partial charge in [0.1, 0.15) is 10.6 Å². The molecule has 2 aromatic carbocycles. The van der Waals surface area contributed by atoms with Gasteiger partial charge in [0.25, 0.3) is 10.0 Å². The van der Waals surface area contributed by atoms with E-state index in [1.807, 2.05) is 0 Å². The number of aromatic carboxylic acids is 1. The topological polar surface area (TPSA) is 124 Å². The van der Waals surface area contributed by atoms with Crippen molar-refractivity contribution < 1.29 is 28.2 Å². The van der Waals surface area contributed by atoms with Crippen molar-refractivity contribution in [1.29, 1.82) is 0 Å². The van der Waals surface area contributed by atoms with Gasteiger partial charge in [-0.15, -0.1) is 0 Å². The molecule has 0 bridgehead atoms. The second-order valence-corrected chi connectivity index (χ2v) is 7.19. The third-order valence-electron chi connectivity index (χ3n) is 3.46. The van der Waals surface area contributed by atoms with Crippen LogP contribution in [0.5, 0.6) is 5.75 Å². The summed E-state index contributed by atoms with van der Waals surface area (Å²) in [6.07, 6.45) is 0.345. The highest BCUT2D eigenvalue weighted by molar-refractivity contribution is 7.89. The number of phenols is 1. The van der Waals surface area contributed by atoms with Gasteiger partial charge in [-0.1, -0.05) is 19.1 Å². The first-order chi connectivity index (χ1) is 12.3. The highest BCUT2D eigenvalue weighted by atomic mass is 32.2. The van der Waals surface area contributed by atoms with E-state index in [4.69, 9.17) is 0 Å². The predicted octanol–water partition coefficient (Wildman–Crippen LogP) is 2.72. The van der Waals surface area contributed by atoms with Crippen molar-refractivity contribution in [3.05, 3.63) is 54.1 Å². The number of anilines is 1. The molecule has 0 atom stereocenters. The van der Waals surface area contributed by atoms with Gasteiger partial charge in [-0.3, -0.25) is 0 Å². The Balaban J connectivity index is 2.40. The summed E-state index contributed by atoms with van der Waals surface area (Å²) in [5.41, 5.74) is -0.123. The van der Waals surface area contributed by atoms with E-state index >= 15 is 0 Å². The van der Waals surface area contributed by atoms with Gasteiger partial charge in [0.2, 0.25) is 0 Å². The fourth-order valence-corrected chi connectivity index (χ4v) is 3.86. The maximum absolute atomic E-state index is 12.9. The van der Waals surface area contributed by atoms with Crippen molar-refractivity contribution in [2.75, 3.05) is 11.9 Å². The van der Waals surface area contributed by atoms with Gasteiger partial charge in [0, 0.05) is 12.2 Å². The number of rotatable bonds is 6. The third-order valence-corrected chi connectivity index (χ3v) is 5.30. The van der Waals surface area contributed by atoms with Gasteiger partial charge >= 0.3 is 12.0 Å². The first kappa shape index (κ1) is 19.3. The number of urea groups is 1. The van der Waals surface area contributed by atoms with Crippen LogP contribution in [-0.2, 0) is 10.0 Å². The summed E-state index contributed by atoms with van der Waals surface area (Å²) in [6.45, 7) is 1.57. The van der Waals surface area contributed by atoms with Crippen LogP contribution in [0.4, 0.5) is 10.5 Å². The number of carboxylic acid groups (broad SMARTS) is 1. The molecule has 2 aromatic rings. The minimum Gasteiger partial charge on any atom is -0.508 e. The van der Waals surface area contributed by atoms with E-state index in [1.54, 1.807) is 6.92 Å². The molecule has 26 heavy (non-hydrogen) atoms.